The van der Waals surface area contributed by atoms with Gasteiger partial charge in [-0.2, -0.15) is 8.75 Å². The maximum Gasteiger partial charge on any atom is 0.170 e. The van der Waals surface area contributed by atoms with Crippen LogP contribution in [0.3, 0.4) is 0 Å². The van der Waals surface area contributed by atoms with Gasteiger partial charge in [0, 0.05) is 0 Å². The van der Waals surface area contributed by atoms with E-state index in [1.165, 1.54) is 0 Å². The molecule has 2 rings (SSSR count). The lowest BCUT2D eigenvalue weighted by Crippen LogP contribution is -1.95. The SMILES string of the molecule is COc1cccc(-c2nsnc2N)c1OC. The van der Waals surface area contributed by atoms with Crippen LogP contribution >= 0.6 is 11.7 Å². The predicted molar refractivity (Wildman–Crippen MR) is 62.9 cm³/mol. The van der Waals surface area contributed by atoms with Gasteiger partial charge in [0.25, 0.3) is 0 Å². The summed E-state index contributed by atoms with van der Waals surface area (Å²) in [6.07, 6.45) is 0. The van der Waals surface area contributed by atoms with E-state index < -0.39 is 0 Å². The van der Waals surface area contributed by atoms with Gasteiger partial charge in [-0.1, -0.05) is 6.07 Å². The Kier molecular flexibility index (Phi) is 2.91. The molecule has 1 heterocycles. The topological polar surface area (TPSA) is 70.3 Å². The van der Waals surface area contributed by atoms with Crippen LogP contribution in [-0.2, 0) is 0 Å². The minimum Gasteiger partial charge on any atom is -0.493 e. The molecule has 6 heteroatoms. The maximum atomic E-state index is 5.73. The molecule has 0 aliphatic rings. The van der Waals surface area contributed by atoms with Crippen molar-refractivity contribution >= 4 is 17.5 Å². The van der Waals surface area contributed by atoms with Crippen LogP contribution in [0.15, 0.2) is 18.2 Å². The third-order valence-corrected chi connectivity index (χ3v) is 2.71. The molecule has 0 fully saturated rings. The zero-order chi connectivity index (χ0) is 11.5. The molecule has 0 aliphatic carbocycles. The number of rotatable bonds is 3. The first-order valence-electron chi connectivity index (χ1n) is 4.57. The summed E-state index contributed by atoms with van der Waals surface area (Å²) < 4.78 is 18.6. The Bertz CT molecular complexity index is 499. The van der Waals surface area contributed by atoms with E-state index in [2.05, 4.69) is 8.75 Å². The van der Waals surface area contributed by atoms with Gasteiger partial charge in [-0.15, -0.1) is 0 Å². The molecule has 16 heavy (non-hydrogen) atoms. The first-order valence-corrected chi connectivity index (χ1v) is 5.30. The number of nitrogen functional groups attached to an aromatic ring is 1. The number of hydrogen-bond donors (Lipinski definition) is 1. The summed E-state index contributed by atoms with van der Waals surface area (Å²) in [5, 5.41) is 0. The summed E-state index contributed by atoms with van der Waals surface area (Å²) in [5.41, 5.74) is 7.14. The summed E-state index contributed by atoms with van der Waals surface area (Å²) in [4.78, 5) is 0. The van der Waals surface area contributed by atoms with Crippen molar-refractivity contribution < 1.29 is 9.47 Å². The monoisotopic (exact) mass is 237 g/mol. The average molecular weight is 237 g/mol. The van der Waals surface area contributed by atoms with Gasteiger partial charge in [-0.3, -0.25) is 0 Å². The molecule has 84 valence electrons. The van der Waals surface area contributed by atoms with Gasteiger partial charge in [0.15, 0.2) is 17.3 Å². The summed E-state index contributed by atoms with van der Waals surface area (Å²) in [7, 11) is 3.17. The fourth-order valence-corrected chi connectivity index (χ4v) is 1.94. The molecular formula is C10H11N3O2S. The minimum absolute atomic E-state index is 0.400. The van der Waals surface area contributed by atoms with Crippen LogP contribution in [-0.4, -0.2) is 23.0 Å². The Morgan fingerprint density at radius 1 is 1.19 bits per heavy atom. The Morgan fingerprint density at radius 2 is 2.00 bits per heavy atom. The quantitative estimate of drug-likeness (QED) is 0.881. The number of methoxy groups -OCH3 is 2. The van der Waals surface area contributed by atoms with Crippen LogP contribution < -0.4 is 15.2 Å². The molecule has 1 aromatic heterocycles. The second-order valence-corrected chi connectivity index (χ2v) is 3.57. The molecule has 0 bridgehead atoms. The molecule has 0 atom stereocenters. The van der Waals surface area contributed by atoms with Crippen molar-refractivity contribution in [3.05, 3.63) is 18.2 Å². The van der Waals surface area contributed by atoms with Gasteiger partial charge in [-0.25, -0.2) is 0 Å². The molecule has 5 nitrogen and oxygen atoms in total. The third kappa shape index (κ3) is 1.67. The van der Waals surface area contributed by atoms with Crippen molar-refractivity contribution in [2.75, 3.05) is 20.0 Å². The smallest absolute Gasteiger partial charge is 0.170 e. The summed E-state index contributed by atoms with van der Waals surface area (Å²) >= 11 is 1.07. The lowest BCUT2D eigenvalue weighted by atomic mass is 10.1. The van der Waals surface area contributed by atoms with Crippen LogP contribution in [0.1, 0.15) is 0 Å². The minimum atomic E-state index is 0.400. The standard InChI is InChI=1S/C10H11N3O2S/c1-14-7-5-3-4-6(9(7)15-2)8-10(11)13-16-12-8/h3-5H,1-2H3,(H2,11,13). The number of nitrogens with zero attached hydrogens (tertiary/aromatic N) is 2. The number of benzene rings is 1. The van der Waals surface area contributed by atoms with Crippen LogP contribution in [0.5, 0.6) is 11.5 Å². The molecule has 1 aromatic carbocycles. The Morgan fingerprint density at radius 3 is 2.56 bits per heavy atom. The molecular weight excluding hydrogens is 226 g/mol. The van der Waals surface area contributed by atoms with Crippen LogP contribution in [0.2, 0.25) is 0 Å². The molecule has 2 N–H and O–H groups in total. The van der Waals surface area contributed by atoms with Crippen LogP contribution in [0.25, 0.3) is 11.3 Å². The number of ether oxygens (including phenoxy) is 2. The lowest BCUT2D eigenvalue weighted by Gasteiger charge is -2.10. The average Bonchev–Trinajstić information content (AvgIpc) is 2.74. The Balaban J connectivity index is 2.61. The number of hydrogen-bond acceptors (Lipinski definition) is 6. The zero-order valence-electron chi connectivity index (χ0n) is 8.93. The number of para-hydroxylation sites is 1. The maximum absolute atomic E-state index is 5.73. The first kappa shape index (κ1) is 10.7. The van der Waals surface area contributed by atoms with E-state index in [4.69, 9.17) is 15.2 Å². The third-order valence-electron chi connectivity index (χ3n) is 2.17. The molecule has 2 aromatic rings. The Labute approximate surface area is 97.1 Å². The van der Waals surface area contributed by atoms with Gasteiger partial charge in [0.2, 0.25) is 0 Å². The summed E-state index contributed by atoms with van der Waals surface area (Å²) in [6.45, 7) is 0. The van der Waals surface area contributed by atoms with E-state index >= 15 is 0 Å². The number of anilines is 1. The second-order valence-electron chi connectivity index (χ2n) is 3.04. The Hall–Kier alpha value is -1.82. The second kappa shape index (κ2) is 4.36. The fourth-order valence-electron chi connectivity index (χ4n) is 1.46. The van der Waals surface area contributed by atoms with Gasteiger partial charge in [0.1, 0.15) is 5.69 Å². The van der Waals surface area contributed by atoms with Crippen molar-refractivity contribution in [3.63, 3.8) is 0 Å². The van der Waals surface area contributed by atoms with E-state index in [9.17, 15) is 0 Å². The zero-order valence-corrected chi connectivity index (χ0v) is 9.75. The molecule has 0 amide bonds. The molecule has 0 aliphatic heterocycles. The van der Waals surface area contributed by atoms with Crippen molar-refractivity contribution in [1.82, 2.24) is 8.75 Å². The van der Waals surface area contributed by atoms with E-state index in [0.29, 0.717) is 23.0 Å². The lowest BCUT2D eigenvalue weighted by molar-refractivity contribution is 0.356. The molecule has 0 saturated heterocycles. The number of aromatic nitrogens is 2. The van der Waals surface area contributed by atoms with Crippen molar-refractivity contribution in [2.45, 2.75) is 0 Å². The summed E-state index contributed by atoms with van der Waals surface area (Å²) in [6, 6.07) is 5.54. The van der Waals surface area contributed by atoms with Crippen molar-refractivity contribution in [2.24, 2.45) is 0 Å². The highest BCUT2D eigenvalue weighted by molar-refractivity contribution is 6.99. The fraction of sp³-hybridized carbons (Fsp3) is 0.200. The molecule has 0 unspecified atom stereocenters. The van der Waals surface area contributed by atoms with Crippen molar-refractivity contribution in [1.29, 1.82) is 0 Å². The highest BCUT2D eigenvalue weighted by atomic mass is 32.1. The predicted octanol–water partition coefficient (Wildman–Crippen LogP) is 1.80. The van der Waals surface area contributed by atoms with E-state index in [0.717, 1.165) is 17.3 Å². The normalized spacial score (nSPS) is 10.1. The van der Waals surface area contributed by atoms with E-state index in [-0.39, 0.29) is 0 Å². The highest BCUT2D eigenvalue weighted by Gasteiger charge is 2.16. The molecule has 0 spiro atoms. The molecule has 0 radical (unpaired) electrons. The highest BCUT2D eigenvalue weighted by Crippen LogP contribution is 2.38. The first-order chi connectivity index (χ1) is 7.77. The van der Waals surface area contributed by atoms with E-state index in [1.54, 1.807) is 14.2 Å². The number of nitrogens with two attached hydrogens (primary N) is 1. The van der Waals surface area contributed by atoms with Gasteiger partial charge in [-0.05, 0) is 12.1 Å². The summed E-state index contributed by atoms with van der Waals surface area (Å²) in [5.74, 6) is 1.66. The van der Waals surface area contributed by atoms with Crippen molar-refractivity contribution in [3.8, 4) is 22.8 Å². The molecule has 0 saturated carbocycles. The van der Waals surface area contributed by atoms with Crippen LogP contribution in [0.4, 0.5) is 5.82 Å². The van der Waals surface area contributed by atoms with Gasteiger partial charge in [0.05, 0.1) is 31.5 Å². The van der Waals surface area contributed by atoms with Gasteiger partial charge >= 0.3 is 0 Å². The largest absolute Gasteiger partial charge is 0.493 e. The van der Waals surface area contributed by atoms with Crippen LogP contribution in [0, 0.1) is 0 Å². The van der Waals surface area contributed by atoms with Gasteiger partial charge < -0.3 is 15.2 Å². The van der Waals surface area contributed by atoms with E-state index in [1.807, 2.05) is 18.2 Å².